The summed E-state index contributed by atoms with van der Waals surface area (Å²) in [5, 5.41) is 11.8. The molecular formula is C21H26N6O3. The van der Waals surface area contributed by atoms with Crippen molar-refractivity contribution >= 4 is 5.91 Å². The van der Waals surface area contributed by atoms with Gasteiger partial charge in [0.25, 0.3) is 0 Å². The lowest BCUT2D eigenvalue weighted by Gasteiger charge is -2.19. The van der Waals surface area contributed by atoms with Gasteiger partial charge >= 0.3 is 0 Å². The number of imidazole rings is 1. The molecule has 2 aromatic heterocycles. The zero-order chi connectivity index (χ0) is 21.1. The highest BCUT2D eigenvalue weighted by atomic mass is 16.5. The third-order valence-corrected chi connectivity index (χ3v) is 5.32. The predicted molar refractivity (Wildman–Crippen MR) is 110 cm³/mol. The van der Waals surface area contributed by atoms with Gasteiger partial charge in [-0.3, -0.25) is 9.36 Å². The molecule has 4 rings (SSSR count). The first kappa shape index (κ1) is 19.9. The van der Waals surface area contributed by atoms with Crippen molar-refractivity contribution in [1.82, 2.24) is 29.6 Å². The van der Waals surface area contributed by atoms with Crippen LogP contribution in [0, 0.1) is 0 Å². The molecule has 158 valence electrons. The van der Waals surface area contributed by atoms with Gasteiger partial charge in [0, 0.05) is 32.3 Å². The second-order valence-corrected chi connectivity index (χ2v) is 7.43. The highest BCUT2D eigenvalue weighted by Gasteiger charge is 2.29. The number of benzene rings is 1. The number of nitrogens with one attached hydrogen (secondary N) is 1. The van der Waals surface area contributed by atoms with Crippen LogP contribution in [0.4, 0.5) is 0 Å². The summed E-state index contributed by atoms with van der Waals surface area (Å²) >= 11 is 0. The summed E-state index contributed by atoms with van der Waals surface area (Å²) < 4.78 is 14.5. The minimum atomic E-state index is -0.373. The van der Waals surface area contributed by atoms with Crippen LogP contribution in [0.15, 0.2) is 30.7 Å². The van der Waals surface area contributed by atoms with E-state index in [1.807, 2.05) is 34.5 Å². The van der Waals surface area contributed by atoms with Crippen LogP contribution in [0.1, 0.15) is 36.7 Å². The van der Waals surface area contributed by atoms with Crippen LogP contribution in [0.3, 0.4) is 0 Å². The largest absolute Gasteiger partial charge is 0.497 e. The maximum atomic E-state index is 13.2. The normalized spacial score (nSPS) is 15.9. The molecule has 0 aliphatic carbocycles. The summed E-state index contributed by atoms with van der Waals surface area (Å²) in [4.78, 5) is 17.6. The first-order chi connectivity index (χ1) is 14.6. The van der Waals surface area contributed by atoms with Crippen molar-refractivity contribution in [1.29, 1.82) is 0 Å². The molecule has 0 bridgehead atoms. The Bertz CT molecular complexity index is 1020. The van der Waals surface area contributed by atoms with E-state index < -0.39 is 0 Å². The molecule has 9 nitrogen and oxygen atoms in total. The Morgan fingerprint density at radius 2 is 1.93 bits per heavy atom. The summed E-state index contributed by atoms with van der Waals surface area (Å²) in [5.41, 5.74) is 1.62. The van der Waals surface area contributed by atoms with Gasteiger partial charge in [0.05, 0.1) is 20.5 Å². The fraction of sp³-hybridized carbons (Fsp3) is 0.429. The van der Waals surface area contributed by atoms with E-state index in [0.717, 1.165) is 37.1 Å². The monoisotopic (exact) mass is 410 g/mol. The van der Waals surface area contributed by atoms with Gasteiger partial charge in [-0.2, -0.15) is 0 Å². The summed E-state index contributed by atoms with van der Waals surface area (Å²) in [7, 11) is 5.12. The van der Waals surface area contributed by atoms with E-state index >= 15 is 0 Å². The van der Waals surface area contributed by atoms with Crippen molar-refractivity contribution in [2.75, 3.05) is 14.2 Å². The Labute approximate surface area is 175 Å². The highest BCUT2D eigenvalue weighted by Crippen LogP contribution is 2.29. The minimum Gasteiger partial charge on any atom is -0.497 e. The van der Waals surface area contributed by atoms with E-state index in [1.54, 1.807) is 26.6 Å². The summed E-state index contributed by atoms with van der Waals surface area (Å²) in [5.74, 6) is 2.78. The number of nitrogens with zero attached hydrogens (tertiary/aromatic N) is 5. The number of methoxy groups -OCH3 is 2. The number of ether oxygens (including phenoxy) is 2. The first-order valence-electron chi connectivity index (χ1n) is 10.0. The smallest absolute Gasteiger partial charge is 0.243 e. The van der Waals surface area contributed by atoms with Gasteiger partial charge in [0.1, 0.15) is 29.1 Å². The second kappa shape index (κ2) is 8.56. The fourth-order valence-electron chi connectivity index (χ4n) is 3.80. The van der Waals surface area contributed by atoms with E-state index in [2.05, 4.69) is 20.5 Å². The number of rotatable bonds is 6. The molecule has 1 aliphatic rings. The number of amides is 1. The molecular weight excluding hydrogens is 384 g/mol. The Balaban J connectivity index is 1.57. The van der Waals surface area contributed by atoms with Gasteiger partial charge in [-0.25, -0.2) is 4.98 Å². The number of aryl methyl sites for hydroxylation is 2. The molecule has 1 amide bonds. The topological polar surface area (TPSA) is 96.1 Å². The molecule has 0 spiro atoms. The number of carbonyl (C=O) groups excluding carboxylic acids is 1. The Morgan fingerprint density at radius 3 is 2.60 bits per heavy atom. The number of fused-ring (bicyclic) bond motifs is 1. The van der Waals surface area contributed by atoms with E-state index in [4.69, 9.17) is 9.47 Å². The van der Waals surface area contributed by atoms with E-state index in [1.165, 1.54) is 0 Å². The van der Waals surface area contributed by atoms with Gasteiger partial charge in [0.15, 0.2) is 5.82 Å². The molecule has 1 atom stereocenters. The third kappa shape index (κ3) is 4.00. The molecule has 0 radical (unpaired) electrons. The predicted octanol–water partition coefficient (Wildman–Crippen LogP) is 2.28. The molecule has 1 aliphatic heterocycles. The van der Waals surface area contributed by atoms with Crippen LogP contribution >= 0.6 is 0 Å². The molecule has 0 saturated heterocycles. The van der Waals surface area contributed by atoms with Gasteiger partial charge in [-0.15, -0.1) is 10.2 Å². The maximum Gasteiger partial charge on any atom is 0.243 e. The zero-order valence-corrected chi connectivity index (χ0v) is 17.5. The molecule has 1 N–H and O–H groups in total. The van der Waals surface area contributed by atoms with Crippen LogP contribution < -0.4 is 14.8 Å². The van der Waals surface area contributed by atoms with Crippen molar-refractivity contribution in [2.24, 2.45) is 7.05 Å². The SMILES string of the molecule is COc1cc(CNC(=O)C2CCCCc3nnc(-c4cn(C)cn4)n32)cc(OC)c1. The summed E-state index contributed by atoms with van der Waals surface area (Å²) in [6.45, 7) is 0.374. The fourth-order valence-corrected chi connectivity index (χ4v) is 3.80. The highest BCUT2D eigenvalue weighted by molar-refractivity contribution is 5.81. The lowest BCUT2D eigenvalue weighted by molar-refractivity contribution is -0.124. The molecule has 3 heterocycles. The molecule has 1 aromatic carbocycles. The number of carbonyl (C=O) groups is 1. The van der Waals surface area contributed by atoms with Crippen LogP contribution in [0.5, 0.6) is 11.5 Å². The Hall–Kier alpha value is -3.36. The van der Waals surface area contributed by atoms with Gasteiger partial charge in [0.2, 0.25) is 5.91 Å². The molecule has 0 saturated carbocycles. The number of hydrogen-bond acceptors (Lipinski definition) is 6. The minimum absolute atomic E-state index is 0.0584. The van der Waals surface area contributed by atoms with Crippen LogP contribution in [-0.2, 0) is 24.8 Å². The Morgan fingerprint density at radius 1 is 1.17 bits per heavy atom. The summed E-state index contributed by atoms with van der Waals surface area (Å²) in [6.07, 6.45) is 7.08. The van der Waals surface area contributed by atoms with Crippen molar-refractivity contribution in [2.45, 2.75) is 38.3 Å². The molecule has 9 heteroatoms. The van der Waals surface area contributed by atoms with Crippen LogP contribution in [0.2, 0.25) is 0 Å². The standard InChI is InChI=1S/C21H26N6O3/c1-26-12-17(23-13-26)20-25-24-19-7-5-4-6-18(27(19)20)21(28)22-11-14-8-15(29-2)10-16(9-14)30-3/h8-10,12-13,18H,4-7,11H2,1-3H3,(H,22,28). The third-order valence-electron chi connectivity index (χ3n) is 5.32. The van der Waals surface area contributed by atoms with Gasteiger partial charge < -0.3 is 19.4 Å². The van der Waals surface area contributed by atoms with Gasteiger partial charge in [-0.1, -0.05) is 6.42 Å². The van der Waals surface area contributed by atoms with Crippen molar-refractivity contribution in [3.05, 3.63) is 42.1 Å². The lowest BCUT2D eigenvalue weighted by Crippen LogP contribution is -2.33. The zero-order valence-electron chi connectivity index (χ0n) is 17.5. The van der Waals surface area contributed by atoms with Gasteiger partial charge in [-0.05, 0) is 30.5 Å². The van der Waals surface area contributed by atoms with Crippen LogP contribution in [-0.4, -0.2) is 44.4 Å². The van der Waals surface area contributed by atoms with E-state index in [9.17, 15) is 4.79 Å². The van der Waals surface area contributed by atoms with Crippen LogP contribution in [0.25, 0.3) is 11.5 Å². The van der Waals surface area contributed by atoms with Crippen molar-refractivity contribution < 1.29 is 14.3 Å². The average Bonchev–Trinajstić information content (AvgIpc) is 3.32. The maximum absolute atomic E-state index is 13.2. The molecule has 0 fully saturated rings. The second-order valence-electron chi connectivity index (χ2n) is 7.43. The van der Waals surface area contributed by atoms with Crippen molar-refractivity contribution in [3.63, 3.8) is 0 Å². The number of hydrogen-bond donors (Lipinski definition) is 1. The molecule has 30 heavy (non-hydrogen) atoms. The van der Waals surface area contributed by atoms with Crippen molar-refractivity contribution in [3.8, 4) is 23.0 Å². The molecule has 3 aromatic rings. The molecule has 1 unspecified atom stereocenters. The van der Waals surface area contributed by atoms with E-state index in [-0.39, 0.29) is 11.9 Å². The van der Waals surface area contributed by atoms with E-state index in [0.29, 0.717) is 29.6 Å². The quantitative estimate of drug-likeness (QED) is 0.670. The average molecular weight is 410 g/mol. The first-order valence-corrected chi connectivity index (χ1v) is 10.0. The Kier molecular flexibility index (Phi) is 5.69. The number of aromatic nitrogens is 5. The lowest BCUT2D eigenvalue weighted by atomic mass is 10.1. The summed E-state index contributed by atoms with van der Waals surface area (Å²) in [6, 6.07) is 5.21.